The third kappa shape index (κ3) is 3.76. The van der Waals surface area contributed by atoms with Crippen LogP contribution in [0.5, 0.6) is 0 Å². The van der Waals surface area contributed by atoms with Crippen LogP contribution in [0.2, 0.25) is 0 Å². The van der Waals surface area contributed by atoms with Gasteiger partial charge in [0.05, 0.1) is 6.21 Å². The lowest BCUT2D eigenvalue weighted by Gasteiger charge is -2.01. The summed E-state index contributed by atoms with van der Waals surface area (Å²) in [6.07, 6.45) is 1.75. The van der Waals surface area contributed by atoms with Gasteiger partial charge in [-0.3, -0.25) is 0 Å². The number of nitrogens with zero attached hydrogens (tertiary/aromatic N) is 3. The van der Waals surface area contributed by atoms with Crippen LogP contribution < -0.4 is 5.43 Å². The molecule has 1 N–H and O–H groups in total. The van der Waals surface area contributed by atoms with E-state index in [1.165, 1.54) is 3.57 Å². The van der Waals surface area contributed by atoms with Gasteiger partial charge in [0.15, 0.2) is 0 Å². The Morgan fingerprint density at radius 3 is 2.56 bits per heavy atom. The van der Waals surface area contributed by atoms with E-state index in [0.717, 1.165) is 17.0 Å². The van der Waals surface area contributed by atoms with Crippen LogP contribution in [0.3, 0.4) is 0 Å². The maximum absolute atomic E-state index is 4.25. The molecule has 0 radical (unpaired) electrons. The first kappa shape index (κ1) is 12.9. The zero-order valence-electron chi connectivity index (χ0n) is 10.2. The van der Waals surface area contributed by atoms with Crippen molar-refractivity contribution in [2.75, 3.05) is 5.43 Å². The summed E-state index contributed by atoms with van der Waals surface area (Å²) in [4.78, 5) is 8.49. The summed E-state index contributed by atoms with van der Waals surface area (Å²) >= 11 is 2.27. The second-order valence-corrected chi connectivity index (χ2v) is 5.14. The average molecular weight is 352 g/mol. The number of anilines is 1. The van der Waals surface area contributed by atoms with Crippen LogP contribution in [0, 0.1) is 17.4 Å². The molecule has 0 spiro atoms. The molecule has 0 unspecified atom stereocenters. The summed E-state index contributed by atoms with van der Waals surface area (Å²) in [5.74, 6) is 0.523. The molecule has 0 saturated carbocycles. The van der Waals surface area contributed by atoms with Gasteiger partial charge in [-0.05, 0) is 60.2 Å². The van der Waals surface area contributed by atoms with Crippen molar-refractivity contribution in [3.05, 3.63) is 50.9 Å². The van der Waals surface area contributed by atoms with Crippen molar-refractivity contribution in [2.45, 2.75) is 13.8 Å². The quantitative estimate of drug-likeness (QED) is 0.525. The minimum Gasteiger partial charge on any atom is -0.245 e. The standard InChI is InChI=1S/C13H13IN4/c1-9-6-10(2)17-13(16-9)18-15-8-11-4-3-5-12(14)7-11/h3-8H,1-2H3,(H,16,17,18)/b15-8+. The van der Waals surface area contributed by atoms with Gasteiger partial charge >= 0.3 is 0 Å². The van der Waals surface area contributed by atoms with Crippen molar-refractivity contribution >= 4 is 34.8 Å². The van der Waals surface area contributed by atoms with Crippen LogP contribution >= 0.6 is 22.6 Å². The molecule has 0 aliphatic rings. The Balaban J connectivity index is 2.07. The fourth-order valence-corrected chi connectivity index (χ4v) is 2.09. The second-order valence-electron chi connectivity index (χ2n) is 3.90. The second kappa shape index (κ2) is 5.90. The topological polar surface area (TPSA) is 50.2 Å². The van der Waals surface area contributed by atoms with Gasteiger partial charge in [-0.15, -0.1) is 0 Å². The fraction of sp³-hybridized carbons (Fsp3) is 0.154. The molecule has 0 atom stereocenters. The van der Waals surface area contributed by atoms with Crippen LogP contribution in [0.25, 0.3) is 0 Å². The van der Waals surface area contributed by atoms with E-state index in [4.69, 9.17) is 0 Å². The number of hydrogen-bond acceptors (Lipinski definition) is 4. The Labute approximate surface area is 120 Å². The highest BCUT2D eigenvalue weighted by atomic mass is 127. The van der Waals surface area contributed by atoms with Crippen molar-refractivity contribution in [1.82, 2.24) is 9.97 Å². The Hall–Kier alpha value is -1.50. The number of benzene rings is 1. The number of rotatable bonds is 3. The molecule has 0 fully saturated rings. The molecule has 4 nitrogen and oxygen atoms in total. The van der Waals surface area contributed by atoms with Crippen LogP contribution in [0.1, 0.15) is 17.0 Å². The number of aromatic nitrogens is 2. The van der Waals surface area contributed by atoms with Gasteiger partial charge in [0.25, 0.3) is 0 Å². The first-order valence-corrected chi connectivity index (χ1v) is 6.58. The molecular weight excluding hydrogens is 339 g/mol. The fourth-order valence-electron chi connectivity index (χ4n) is 1.53. The van der Waals surface area contributed by atoms with E-state index >= 15 is 0 Å². The molecule has 1 aromatic heterocycles. The van der Waals surface area contributed by atoms with E-state index in [9.17, 15) is 0 Å². The Kier molecular flexibility index (Phi) is 4.24. The van der Waals surface area contributed by atoms with E-state index < -0.39 is 0 Å². The summed E-state index contributed by atoms with van der Waals surface area (Å²) in [5.41, 5.74) is 5.73. The molecular formula is C13H13IN4. The maximum Gasteiger partial charge on any atom is 0.243 e. The van der Waals surface area contributed by atoms with Gasteiger partial charge in [0, 0.05) is 15.0 Å². The van der Waals surface area contributed by atoms with Gasteiger partial charge in [0.1, 0.15) is 0 Å². The first-order chi connectivity index (χ1) is 8.63. The molecule has 1 heterocycles. The van der Waals surface area contributed by atoms with Gasteiger partial charge in [-0.25, -0.2) is 15.4 Å². The third-order valence-corrected chi connectivity index (χ3v) is 2.88. The van der Waals surface area contributed by atoms with Gasteiger partial charge in [-0.2, -0.15) is 5.10 Å². The molecule has 5 heteroatoms. The third-order valence-electron chi connectivity index (χ3n) is 2.21. The van der Waals surface area contributed by atoms with Gasteiger partial charge in [0.2, 0.25) is 5.95 Å². The molecule has 0 amide bonds. The zero-order chi connectivity index (χ0) is 13.0. The van der Waals surface area contributed by atoms with E-state index in [1.807, 2.05) is 44.2 Å². The highest BCUT2D eigenvalue weighted by molar-refractivity contribution is 14.1. The monoisotopic (exact) mass is 352 g/mol. The van der Waals surface area contributed by atoms with Gasteiger partial charge in [-0.1, -0.05) is 12.1 Å². The molecule has 2 rings (SSSR count). The van der Waals surface area contributed by atoms with Crippen molar-refractivity contribution < 1.29 is 0 Å². The Morgan fingerprint density at radius 1 is 1.17 bits per heavy atom. The molecule has 18 heavy (non-hydrogen) atoms. The normalized spacial score (nSPS) is 10.8. The van der Waals surface area contributed by atoms with Crippen molar-refractivity contribution in [3.8, 4) is 0 Å². The highest BCUT2D eigenvalue weighted by Gasteiger charge is 1.96. The van der Waals surface area contributed by atoms with E-state index in [-0.39, 0.29) is 0 Å². The summed E-state index contributed by atoms with van der Waals surface area (Å²) in [5, 5.41) is 4.13. The first-order valence-electron chi connectivity index (χ1n) is 5.50. The lowest BCUT2D eigenvalue weighted by Crippen LogP contribution is -1.99. The minimum absolute atomic E-state index is 0.523. The summed E-state index contributed by atoms with van der Waals surface area (Å²) < 4.78 is 1.18. The minimum atomic E-state index is 0.523. The molecule has 0 saturated heterocycles. The molecule has 1 aromatic carbocycles. The van der Waals surface area contributed by atoms with Crippen molar-refractivity contribution in [1.29, 1.82) is 0 Å². The molecule has 0 bridgehead atoms. The Morgan fingerprint density at radius 2 is 1.89 bits per heavy atom. The molecule has 0 aliphatic heterocycles. The number of halogens is 1. The highest BCUT2D eigenvalue weighted by Crippen LogP contribution is 2.06. The largest absolute Gasteiger partial charge is 0.245 e. The molecule has 2 aromatic rings. The number of hydrogen-bond donors (Lipinski definition) is 1. The summed E-state index contributed by atoms with van der Waals surface area (Å²) in [7, 11) is 0. The number of aryl methyl sites for hydroxylation is 2. The molecule has 0 aliphatic carbocycles. The smallest absolute Gasteiger partial charge is 0.243 e. The SMILES string of the molecule is Cc1cc(C)nc(N/N=C/c2cccc(I)c2)n1. The predicted octanol–water partition coefficient (Wildman–Crippen LogP) is 3.14. The predicted molar refractivity (Wildman–Crippen MR) is 81.9 cm³/mol. The van der Waals surface area contributed by atoms with Crippen LogP contribution in [-0.2, 0) is 0 Å². The zero-order valence-corrected chi connectivity index (χ0v) is 12.3. The maximum atomic E-state index is 4.25. The van der Waals surface area contributed by atoms with Crippen molar-refractivity contribution in [3.63, 3.8) is 0 Å². The van der Waals surface area contributed by atoms with Crippen LogP contribution in [-0.4, -0.2) is 16.2 Å². The number of nitrogens with one attached hydrogen (secondary N) is 1. The van der Waals surface area contributed by atoms with E-state index in [2.05, 4.69) is 43.1 Å². The lowest BCUT2D eigenvalue weighted by atomic mass is 10.2. The van der Waals surface area contributed by atoms with Crippen molar-refractivity contribution in [2.24, 2.45) is 5.10 Å². The summed E-state index contributed by atoms with van der Waals surface area (Å²) in [6, 6.07) is 10.0. The van der Waals surface area contributed by atoms with Gasteiger partial charge < -0.3 is 0 Å². The van der Waals surface area contributed by atoms with Crippen LogP contribution in [0.4, 0.5) is 5.95 Å². The Bertz CT molecular complexity index is 561. The van der Waals surface area contributed by atoms with E-state index in [1.54, 1.807) is 6.21 Å². The number of hydrazone groups is 1. The van der Waals surface area contributed by atoms with E-state index in [0.29, 0.717) is 5.95 Å². The average Bonchev–Trinajstić information content (AvgIpc) is 2.27. The molecule has 92 valence electrons. The summed E-state index contributed by atoms with van der Waals surface area (Å²) in [6.45, 7) is 3.87. The lowest BCUT2D eigenvalue weighted by molar-refractivity contribution is 1.04. The van der Waals surface area contributed by atoms with Crippen LogP contribution in [0.15, 0.2) is 35.4 Å².